The molecule has 1 heterocycles. The average molecular weight is 385 g/mol. The van der Waals surface area contributed by atoms with Crippen molar-refractivity contribution in [3.63, 3.8) is 0 Å². The smallest absolute Gasteiger partial charge is 0.322 e. The number of carbonyl (C=O) groups excluding carboxylic acids is 1. The lowest BCUT2D eigenvalue weighted by Crippen LogP contribution is -2.11. The van der Waals surface area contributed by atoms with Crippen molar-refractivity contribution in [1.82, 2.24) is 10.2 Å². The first-order chi connectivity index (χ1) is 13.0. The van der Waals surface area contributed by atoms with E-state index < -0.39 is 0 Å². The van der Waals surface area contributed by atoms with Crippen LogP contribution < -0.4 is 5.32 Å². The second-order valence-corrected chi connectivity index (χ2v) is 7.33. The number of aromatic nitrogens is 2. The van der Waals surface area contributed by atoms with Gasteiger partial charge in [-0.15, -0.1) is 16.9 Å². The number of hydrogen-bond donors (Lipinski definition) is 1. The first-order valence-corrected chi connectivity index (χ1v) is 9.59. The van der Waals surface area contributed by atoms with E-state index in [1.165, 1.54) is 17.7 Å². The molecule has 0 radical (unpaired) electrons. The molecule has 2 aromatic carbocycles. The van der Waals surface area contributed by atoms with Gasteiger partial charge < -0.3 is 4.42 Å². The van der Waals surface area contributed by atoms with Crippen LogP contribution >= 0.6 is 11.8 Å². The van der Waals surface area contributed by atoms with E-state index in [2.05, 4.69) is 15.5 Å². The van der Waals surface area contributed by atoms with Crippen LogP contribution in [0.5, 0.6) is 0 Å². The van der Waals surface area contributed by atoms with Crippen LogP contribution in [-0.4, -0.2) is 21.9 Å². The van der Waals surface area contributed by atoms with Crippen molar-refractivity contribution in [2.24, 2.45) is 0 Å². The van der Waals surface area contributed by atoms with Gasteiger partial charge in [-0.2, -0.15) is 0 Å². The Morgan fingerprint density at radius 2 is 1.89 bits per heavy atom. The van der Waals surface area contributed by atoms with Crippen LogP contribution in [0.15, 0.2) is 51.8 Å². The predicted molar refractivity (Wildman–Crippen MR) is 104 cm³/mol. The van der Waals surface area contributed by atoms with Crippen molar-refractivity contribution in [2.75, 3.05) is 11.1 Å². The minimum atomic E-state index is -0.251. The maximum absolute atomic E-state index is 12.9. The summed E-state index contributed by atoms with van der Waals surface area (Å²) in [5, 5.41) is 10.5. The Labute approximate surface area is 161 Å². The number of benzene rings is 2. The van der Waals surface area contributed by atoms with Crippen LogP contribution in [0.25, 0.3) is 11.5 Å². The highest BCUT2D eigenvalue weighted by Crippen LogP contribution is 2.23. The maximum Gasteiger partial charge on any atom is 0.322 e. The van der Waals surface area contributed by atoms with Gasteiger partial charge in [0.15, 0.2) is 0 Å². The number of hydrogen-bond acceptors (Lipinski definition) is 5. The van der Waals surface area contributed by atoms with E-state index in [-0.39, 0.29) is 17.7 Å². The molecule has 0 aliphatic carbocycles. The number of halogens is 1. The number of carbonyl (C=O) groups is 1. The maximum atomic E-state index is 12.9. The third kappa shape index (κ3) is 5.40. The summed E-state index contributed by atoms with van der Waals surface area (Å²) in [5.74, 6) is 0.709. The molecule has 0 saturated heterocycles. The minimum Gasteiger partial charge on any atom is -0.403 e. The molecule has 5 nitrogen and oxygen atoms in total. The fourth-order valence-corrected chi connectivity index (χ4v) is 3.25. The largest absolute Gasteiger partial charge is 0.403 e. The summed E-state index contributed by atoms with van der Waals surface area (Å²) < 4.78 is 18.4. The highest BCUT2D eigenvalue weighted by Gasteiger charge is 2.12. The second kappa shape index (κ2) is 8.81. The first kappa shape index (κ1) is 19.1. The Balaban J connectivity index is 1.46. The molecule has 140 valence electrons. The molecule has 0 spiro atoms. The zero-order valence-corrected chi connectivity index (χ0v) is 16.0. The number of amides is 1. The Morgan fingerprint density at radius 3 is 2.63 bits per heavy atom. The van der Waals surface area contributed by atoms with Crippen molar-refractivity contribution in [1.29, 1.82) is 0 Å². The molecule has 0 bridgehead atoms. The van der Waals surface area contributed by atoms with Gasteiger partial charge in [-0.25, -0.2) is 4.39 Å². The zero-order valence-electron chi connectivity index (χ0n) is 15.2. The summed E-state index contributed by atoms with van der Waals surface area (Å²) in [6.07, 6.45) is 1.03. The molecule has 7 heteroatoms. The fraction of sp³-hybridized carbons (Fsp3) is 0.250. The Kier molecular flexibility index (Phi) is 6.24. The molecule has 0 saturated carbocycles. The van der Waals surface area contributed by atoms with Crippen LogP contribution in [0.3, 0.4) is 0 Å². The zero-order chi connectivity index (χ0) is 19.2. The predicted octanol–water partition coefficient (Wildman–Crippen LogP) is 5.00. The van der Waals surface area contributed by atoms with Crippen LogP contribution in [0.4, 0.5) is 10.4 Å². The van der Waals surface area contributed by atoms with Gasteiger partial charge in [0.25, 0.3) is 0 Å². The number of nitrogens with one attached hydrogen (secondary N) is 1. The molecular formula is C20H20FN3O2S. The molecular weight excluding hydrogens is 365 g/mol. The topological polar surface area (TPSA) is 68.0 Å². The van der Waals surface area contributed by atoms with Crippen LogP contribution in [0.1, 0.15) is 24.0 Å². The summed E-state index contributed by atoms with van der Waals surface area (Å²) in [7, 11) is 0. The molecule has 1 amide bonds. The second-order valence-electron chi connectivity index (χ2n) is 6.17. The number of rotatable bonds is 7. The van der Waals surface area contributed by atoms with Crippen LogP contribution in [0.2, 0.25) is 0 Å². The van der Waals surface area contributed by atoms with E-state index >= 15 is 0 Å². The van der Waals surface area contributed by atoms with Gasteiger partial charge in [0.1, 0.15) is 5.82 Å². The van der Waals surface area contributed by atoms with Crippen LogP contribution in [-0.2, 0) is 4.79 Å². The fourth-order valence-electron chi connectivity index (χ4n) is 2.40. The summed E-state index contributed by atoms with van der Waals surface area (Å²) in [5.41, 5.74) is 3.14. The van der Waals surface area contributed by atoms with Crippen molar-refractivity contribution in [3.8, 4) is 11.5 Å². The van der Waals surface area contributed by atoms with Gasteiger partial charge in [-0.1, -0.05) is 11.2 Å². The van der Waals surface area contributed by atoms with Crippen molar-refractivity contribution >= 4 is 23.7 Å². The highest BCUT2D eigenvalue weighted by molar-refractivity contribution is 7.99. The Hall–Kier alpha value is -2.67. The molecule has 0 unspecified atom stereocenters. The summed E-state index contributed by atoms with van der Waals surface area (Å²) in [6, 6.07) is 12.3. The van der Waals surface area contributed by atoms with E-state index in [0.717, 1.165) is 21.8 Å². The summed E-state index contributed by atoms with van der Waals surface area (Å²) in [4.78, 5) is 13.0. The third-order valence-corrected chi connectivity index (χ3v) is 5.15. The molecule has 0 aliphatic rings. The molecule has 0 fully saturated rings. The van der Waals surface area contributed by atoms with Gasteiger partial charge in [0, 0.05) is 16.9 Å². The van der Waals surface area contributed by atoms with E-state index in [1.54, 1.807) is 23.9 Å². The standard InChI is InChI=1S/C20H20FN3O2S/c1-13-5-6-15(12-14(13)2)19-23-24-20(26-19)22-18(25)4-3-11-27-17-9-7-16(21)8-10-17/h5-10,12H,3-4,11H2,1-2H3,(H,22,24,25). The van der Waals surface area contributed by atoms with E-state index in [1.807, 2.05) is 32.0 Å². The van der Waals surface area contributed by atoms with Gasteiger partial charge in [0.05, 0.1) is 0 Å². The average Bonchev–Trinajstić information content (AvgIpc) is 3.11. The lowest BCUT2D eigenvalue weighted by Gasteiger charge is -2.02. The molecule has 0 aliphatic heterocycles. The Bertz CT molecular complexity index is 925. The van der Waals surface area contributed by atoms with Gasteiger partial charge in [0.2, 0.25) is 11.8 Å². The third-order valence-electron chi connectivity index (χ3n) is 4.06. The first-order valence-electron chi connectivity index (χ1n) is 8.60. The quantitative estimate of drug-likeness (QED) is 0.458. The van der Waals surface area contributed by atoms with Gasteiger partial charge in [-0.3, -0.25) is 10.1 Å². The number of thioether (sulfide) groups is 1. The SMILES string of the molecule is Cc1ccc(-c2nnc(NC(=O)CCCSc3ccc(F)cc3)o2)cc1C. The number of nitrogens with zero attached hydrogens (tertiary/aromatic N) is 2. The molecule has 27 heavy (non-hydrogen) atoms. The molecule has 0 atom stereocenters. The monoisotopic (exact) mass is 385 g/mol. The van der Waals surface area contributed by atoms with Crippen LogP contribution in [0, 0.1) is 19.7 Å². The van der Waals surface area contributed by atoms with Gasteiger partial charge >= 0.3 is 6.01 Å². The molecule has 3 aromatic rings. The molecule has 1 aromatic heterocycles. The highest BCUT2D eigenvalue weighted by atomic mass is 32.2. The lowest BCUT2D eigenvalue weighted by molar-refractivity contribution is -0.116. The van der Waals surface area contributed by atoms with Crippen molar-refractivity contribution in [3.05, 3.63) is 59.4 Å². The summed E-state index contributed by atoms with van der Waals surface area (Å²) >= 11 is 1.58. The molecule has 3 rings (SSSR count). The summed E-state index contributed by atoms with van der Waals surface area (Å²) in [6.45, 7) is 4.05. The minimum absolute atomic E-state index is 0.0967. The Morgan fingerprint density at radius 1 is 1.11 bits per heavy atom. The molecule has 1 N–H and O–H groups in total. The van der Waals surface area contributed by atoms with Crippen molar-refractivity contribution < 1.29 is 13.6 Å². The van der Waals surface area contributed by atoms with Crippen molar-refractivity contribution in [2.45, 2.75) is 31.6 Å². The number of anilines is 1. The van der Waals surface area contributed by atoms with E-state index in [0.29, 0.717) is 18.7 Å². The normalized spacial score (nSPS) is 10.8. The number of aryl methyl sites for hydroxylation is 2. The lowest BCUT2D eigenvalue weighted by atomic mass is 10.1. The van der Waals surface area contributed by atoms with Gasteiger partial charge in [-0.05, 0) is 73.5 Å². The van der Waals surface area contributed by atoms with E-state index in [4.69, 9.17) is 4.42 Å². The van der Waals surface area contributed by atoms with E-state index in [9.17, 15) is 9.18 Å².